The lowest BCUT2D eigenvalue weighted by Crippen LogP contribution is -2.61. The highest BCUT2D eigenvalue weighted by molar-refractivity contribution is 4.98. The summed E-state index contributed by atoms with van der Waals surface area (Å²) in [6, 6.07) is 3.04. The van der Waals surface area contributed by atoms with Crippen molar-refractivity contribution in [3.8, 4) is 0 Å². The van der Waals surface area contributed by atoms with Gasteiger partial charge in [0.2, 0.25) is 0 Å². The molecule has 1 aliphatic heterocycles. The average Bonchev–Trinajstić information content (AvgIpc) is 2.80. The molecule has 1 N–H and O–H groups in total. The van der Waals surface area contributed by atoms with Crippen LogP contribution in [-0.2, 0) is 6.54 Å². The summed E-state index contributed by atoms with van der Waals surface area (Å²) < 4.78 is 5.27. The maximum absolute atomic E-state index is 5.27. The van der Waals surface area contributed by atoms with Gasteiger partial charge in [0.05, 0.1) is 12.7 Å². The molecule has 1 aromatic heterocycles. The van der Waals surface area contributed by atoms with Crippen molar-refractivity contribution in [2.45, 2.75) is 53.2 Å². The summed E-state index contributed by atoms with van der Waals surface area (Å²) in [4.78, 5) is 2.54. The molecule has 1 aliphatic rings. The Kier molecular flexibility index (Phi) is 4.31. The van der Waals surface area contributed by atoms with Gasteiger partial charge >= 0.3 is 0 Å². The molecule has 0 amide bonds. The molecule has 1 saturated heterocycles. The molecule has 19 heavy (non-hydrogen) atoms. The van der Waals surface area contributed by atoms with Gasteiger partial charge in [-0.3, -0.25) is 4.90 Å². The molecule has 4 nitrogen and oxygen atoms in total. The maximum atomic E-state index is 5.27. The molecule has 108 valence electrons. The van der Waals surface area contributed by atoms with Gasteiger partial charge in [0.15, 0.2) is 5.76 Å². The van der Waals surface area contributed by atoms with Crippen molar-refractivity contribution >= 4 is 0 Å². The van der Waals surface area contributed by atoms with E-state index in [-0.39, 0.29) is 5.41 Å². The lowest BCUT2D eigenvalue weighted by Gasteiger charge is -2.46. The summed E-state index contributed by atoms with van der Waals surface area (Å²) in [5, 5.41) is 7.52. The second kappa shape index (κ2) is 5.63. The summed E-state index contributed by atoms with van der Waals surface area (Å²) in [6.45, 7) is 14.4. The van der Waals surface area contributed by atoms with E-state index >= 15 is 0 Å². The van der Waals surface area contributed by atoms with E-state index in [2.05, 4.69) is 50.0 Å². The van der Waals surface area contributed by atoms with Crippen molar-refractivity contribution in [3.63, 3.8) is 0 Å². The normalized spacial score (nSPS) is 26.0. The summed E-state index contributed by atoms with van der Waals surface area (Å²) in [5.41, 5.74) is 0.279. The highest BCUT2D eigenvalue weighted by Crippen LogP contribution is 2.26. The first kappa shape index (κ1) is 14.5. The third-order valence-electron chi connectivity index (χ3n) is 4.12. The molecule has 0 bridgehead atoms. The second-order valence-electron chi connectivity index (χ2n) is 7.05. The summed E-state index contributed by atoms with van der Waals surface area (Å²) in [7, 11) is 0. The third-order valence-corrected chi connectivity index (χ3v) is 4.12. The number of piperazine rings is 1. The van der Waals surface area contributed by atoms with Crippen molar-refractivity contribution in [2.24, 2.45) is 11.3 Å². The predicted molar refractivity (Wildman–Crippen MR) is 76.8 cm³/mol. The predicted octanol–water partition coefficient (Wildman–Crippen LogP) is 2.52. The van der Waals surface area contributed by atoms with Crippen LogP contribution in [0.5, 0.6) is 0 Å². The number of hydrogen-bond acceptors (Lipinski definition) is 4. The zero-order valence-electron chi connectivity index (χ0n) is 12.8. The van der Waals surface area contributed by atoms with Crippen molar-refractivity contribution in [1.29, 1.82) is 0 Å². The van der Waals surface area contributed by atoms with Gasteiger partial charge in [-0.1, -0.05) is 39.8 Å². The molecule has 0 radical (unpaired) electrons. The van der Waals surface area contributed by atoms with Crippen molar-refractivity contribution in [2.75, 3.05) is 13.1 Å². The van der Waals surface area contributed by atoms with Gasteiger partial charge in [-0.05, 0) is 11.3 Å². The largest absolute Gasteiger partial charge is 0.360 e. The van der Waals surface area contributed by atoms with Crippen molar-refractivity contribution in [1.82, 2.24) is 15.4 Å². The number of nitrogens with zero attached hydrogens (tertiary/aromatic N) is 2. The third kappa shape index (κ3) is 3.57. The molecule has 0 spiro atoms. The minimum absolute atomic E-state index is 0.279. The van der Waals surface area contributed by atoms with Crippen LogP contribution in [0.2, 0.25) is 0 Å². The Balaban J connectivity index is 2.08. The molecule has 1 fully saturated rings. The SMILES string of the molecule is CC(C)C1CNC(C(C)(C)C)CN1Cc1ccno1. The molecule has 2 atom stereocenters. The van der Waals surface area contributed by atoms with Gasteiger partial charge in [0.25, 0.3) is 0 Å². The van der Waals surface area contributed by atoms with Gasteiger partial charge in [0, 0.05) is 31.2 Å². The zero-order valence-corrected chi connectivity index (χ0v) is 12.8. The molecule has 2 heterocycles. The van der Waals surface area contributed by atoms with Crippen LogP contribution in [0.25, 0.3) is 0 Å². The Labute approximate surface area is 116 Å². The van der Waals surface area contributed by atoms with Gasteiger partial charge in [-0.25, -0.2) is 0 Å². The topological polar surface area (TPSA) is 41.3 Å². The van der Waals surface area contributed by atoms with E-state index in [1.165, 1.54) is 0 Å². The van der Waals surface area contributed by atoms with E-state index in [0.717, 1.165) is 25.4 Å². The van der Waals surface area contributed by atoms with Gasteiger partial charge in [-0.15, -0.1) is 0 Å². The van der Waals surface area contributed by atoms with Crippen LogP contribution in [0.4, 0.5) is 0 Å². The van der Waals surface area contributed by atoms with E-state index in [1.807, 2.05) is 6.07 Å². The molecule has 1 aromatic rings. The standard InChI is InChI=1S/C15H27N3O/c1-11(2)13-8-16-14(15(3,4)5)10-18(13)9-12-6-7-17-19-12/h6-7,11,13-14,16H,8-10H2,1-5H3. The Morgan fingerprint density at radius 1 is 1.47 bits per heavy atom. The van der Waals surface area contributed by atoms with Crippen LogP contribution in [0, 0.1) is 11.3 Å². The first-order valence-corrected chi connectivity index (χ1v) is 7.25. The molecular weight excluding hydrogens is 238 g/mol. The lowest BCUT2D eigenvalue weighted by molar-refractivity contribution is 0.0506. The highest BCUT2D eigenvalue weighted by Gasteiger charge is 2.35. The fraction of sp³-hybridized carbons (Fsp3) is 0.800. The van der Waals surface area contributed by atoms with E-state index in [0.29, 0.717) is 18.0 Å². The smallest absolute Gasteiger partial charge is 0.150 e. The quantitative estimate of drug-likeness (QED) is 0.912. The van der Waals surface area contributed by atoms with Gasteiger partial charge in [-0.2, -0.15) is 0 Å². The zero-order chi connectivity index (χ0) is 14.0. The minimum atomic E-state index is 0.279. The van der Waals surface area contributed by atoms with Gasteiger partial charge in [0.1, 0.15) is 0 Å². The van der Waals surface area contributed by atoms with Crippen LogP contribution in [-0.4, -0.2) is 35.2 Å². The molecular formula is C15H27N3O. The summed E-state index contributed by atoms with van der Waals surface area (Å²) in [6.07, 6.45) is 1.73. The fourth-order valence-corrected chi connectivity index (χ4v) is 2.77. The number of rotatable bonds is 3. The Bertz CT molecular complexity index is 381. The highest BCUT2D eigenvalue weighted by atomic mass is 16.5. The molecule has 0 saturated carbocycles. The number of aromatic nitrogens is 1. The fourth-order valence-electron chi connectivity index (χ4n) is 2.77. The van der Waals surface area contributed by atoms with E-state index < -0.39 is 0 Å². The van der Waals surface area contributed by atoms with E-state index in [4.69, 9.17) is 4.52 Å². The van der Waals surface area contributed by atoms with Crippen molar-refractivity contribution in [3.05, 3.63) is 18.0 Å². The average molecular weight is 265 g/mol. The van der Waals surface area contributed by atoms with Gasteiger partial charge < -0.3 is 9.84 Å². The van der Waals surface area contributed by atoms with Crippen LogP contribution < -0.4 is 5.32 Å². The summed E-state index contributed by atoms with van der Waals surface area (Å²) >= 11 is 0. The molecule has 2 unspecified atom stereocenters. The lowest BCUT2D eigenvalue weighted by atomic mass is 9.83. The second-order valence-corrected chi connectivity index (χ2v) is 7.05. The van der Waals surface area contributed by atoms with Crippen LogP contribution in [0.3, 0.4) is 0 Å². The Hall–Kier alpha value is -0.870. The maximum Gasteiger partial charge on any atom is 0.150 e. The number of hydrogen-bond donors (Lipinski definition) is 1. The monoisotopic (exact) mass is 265 g/mol. The Morgan fingerprint density at radius 3 is 2.74 bits per heavy atom. The number of nitrogens with one attached hydrogen (secondary N) is 1. The first-order valence-electron chi connectivity index (χ1n) is 7.25. The summed E-state index contributed by atoms with van der Waals surface area (Å²) in [5.74, 6) is 1.59. The van der Waals surface area contributed by atoms with Crippen LogP contribution in [0.1, 0.15) is 40.4 Å². The minimum Gasteiger partial charge on any atom is -0.360 e. The van der Waals surface area contributed by atoms with Crippen LogP contribution >= 0.6 is 0 Å². The van der Waals surface area contributed by atoms with Crippen molar-refractivity contribution < 1.29 is 4.52 Å². The van der Waals surface area contributed by atoms with E-state index in [9.17, 15) is 0 Å². The molecule has 2 rings (SSSR count). The molecule has 0 aromatic carbocycles. The van der Waals surface area contributed by atoms with Crippen LogP contribution in [0.15, 0.2) is 16.8 Å². The first-order chi connectivity index (χ1) is 8.88. The molecule has 0 aliphatic carbocycles. The molecule has 4 heteroatoms. The Morgan fingerprint density at radius 2 is 2.21 bits per heavy atom. The van der Waals surface area contributed by atoms with E-state index in [1.54, 1.807) is 6.20 Å².